The lowest BCUT2D eigenvalue weighted by atomic mass is 10.1. The minimum Gasteiger partial charge on any atom is -0.438 e. The van der Waals surface area contributed by atoms with Crippen LogP contribution < -0.4 is 9.64 Å². The van der Waals surface area contributed by atoms with Crippen LogP contribution in [0.4, 0.5) is 10.1 Å². The molecule has 25 heavy (non-hydrogen) atoms. The van der Waals surface area contributed by atoms with Crippen LogP contribution in [-0.2, 0) is 0 Å². The third-order valence-electron chi connectivity index (χ3n) is 3.68. The van der Waals surface area contributed by atoms with Gasteiger partial charge < -0.3 is 9.64 Å². The predicted octanol–water partition coefficient (Wildman–Crippen LogP) is 4.33. The van der Waals surface area contributed by atoms with E-state index in [2.05, 4.69) is 4.98 Å². The molecule has 1 aromatic heterocycles. The second-order valence-corrected chi connectivity index (χ2v) is 5.53. The van der Waals surface area contributed by atoms with Crippen LogP contribution in [0.1, 0.15) is 10.4 Å². The average molecular weight is 336 g/mol. The molecule has 0 amide bonds. The molecule has 2 aromatic carbocycles. The first kappa shape index (κ1) is 16.6. The van der Waals surface area contributed by atoms with Gasteiger partial charge in [-0.3, -0.25) is 4.79 Å². The number of benzene rings is 2. The molecule has 0 aliphatic heterocycles. The number of carbonyl (C=O) groups excluding carboxylic acids is 1. The molecule has 0 N–H and O–H groups in total. The van der Waals surface area contributed by atoms with Crippen molar-refractivity contribution in [1.82, 2.24) is 4.98 Å². The van der Waals surface area contributed by atoms with Crippen molar-refractivity contribution < 1.29 is 13.9 Å². The van der Waals surface area contributed by atoms with Crippen molar-refractivity contribution in [3.05, 3.63) is 84.3 Å². The molecule has 0 bridgehead atoms. The van der Waals surface area contributed by atoms with Gasteiger partial charge in [-0.05, 0) is 48.5 Å². The molecule has 0 unspecified atom stereocenters. The topological polar surface area (TPSA) is 42.4 Å². The maximum absolute atomic E-state index is 13.0. The molecule has 1 heterocycles. The molecule has 3 aromatic rings. The van der Waals surface area contributed by atoms with Crippen LogP contribution in [0.3, 0.4) is 0 Å². The number of Topliss-reactive ketones (excluding diaryl/α,β-unsaturated/α-hetero) is 1. The number of ether oxygens (including phenoxy) is 1. The highest BCUT2D eigenvalue weighted by Crippen LogP contribution is 2.24. The van der Waals surface area contributed by atoms with Crippen molar-refractivity contribution in [2.75, 3.05) is 18.5 Å². The van der Waals surface area contributed by atoms with E-state index < -0.39 is 0 Å². The summed E-state index contributed by atoms with van der Waals surface area (Å²) < 4.78 is 18.7. The molecule has 0 saturated carbocycles. The van der Waals surface area contributed by atoms with Gasteiger partial charge >= 0.3 is 0 Å². The Hall–Kier alpha value is -3.21. The lowest BCUT2D eigenvalue weighted by Gasteiger charge is -2.18. The lowest BCUT2D eigenvalue weighted by molar-refractivity contribution is 0.0997. The Morgan fingerprint density at radius 3 is 2.48 bits per heavy atom. The molecule has 0 aliphatic rings. The van der Waals surface area contributed by atoms with Gasteiger partial charge in [0.25, 0.3) is 0 Å². The van der Waals surface area contributed by atoms with Gasteiger partial charge in [-0.2, -0.15) is 0 Å². The highest BCUT2D eigenvalue weighted by molar-refractivity contribution is 6.01. The molecule has 0 saturated heterocycles. The summed E-state index contributed by atoms with van der Waals surface area (Å²) in [6.45, 7) is 0.190. The first-order chi connectivity index (χ1) is 12.1. The second-order valence-electron chi connectivity index (χ2n) is 5.53. The Balaban J connectivity index is 1.77. The van der Waals surface area contributed by atoms with E-state index in [4.69, 9.17) is 4.74 Å². The minimum absolute atomic E-state index is 0.114. The van der Waals surface area contributed by atoms with Gasteiger partial charge in [-0.15, -0.1) is 0 Å². The van der Waals surface area contributed by atoms with E-state index in [1.165, 1.54) is 24.3 Å². The number of hydrogen-bond donors (Lipinski definition) is 0. The maximum atomic E-state index is 13.0. The zero-order valence-electron chi connectivity index (χ0n) is 13.7. The van der Waals surface area contributed by atoms with Gasteiger partial charge in [0.15, 0.2) is 5.78 Å². The number of hydrogen-bond acceptors (Lipinski definition) is 4. The van der Waals surface area contributed by atoms with Crippen LogP contribution in [0.5, 0.6) is 11.6 Å². The average Bonchev–Trinajstić information content (AvgIpc) is 2.64. The summed E-state index contributed by atoms with van der Waals surface area (Å²) in [6.07, 6.45) is 1.55. The fourth-order valence-electron chi connectivity index (χ4n) is 2.37. The molecule has 0 atom stereocenters. The van der Waals surface area contributed by atoms with Crippen LogP contribution in [0, 0.1) is 5.82 Å². The highest BCUT2D eigenvalue weighted by atomic mass is 19.1. The smallest absolute Gasteiger partial charge is 0.230 e. The third kappa shape index (κ3) is 4.20. The van der Waals surface area contributed by atoms with E-state index in [1.54, 1.807) is 18.3 Å². The van der Waals surface area contributed by atoms with E-state index in [-0.39, 0.29) is 24.0 Å². The molecule has 5 heteroatoms. The molecule has 3 rings (SSSR count). The Labute approximate surface area is 145 Å². The number of anilines is 1. The van der Waals surface area contributed by atoms with E-state index >= 15 is 0 Å². The summed E-state index contributed by atoms with van der Waals surface area (Å²) in [5.41, 5.74) is 1.33. The summed E-state index contributed by atoms with van der Waals surface area (Å²) in [6, 6.07) is 18.6. The number of likely N-dealkylation sites (N-methyl/N-ethyl adjacent to an activating group) is 1. The van der Waals surface area contributed by atoms with Crippen molar-refractivity contribution in [3.8, 4) is 11.6 Å². The Kier molecular flexibility index (Phi) is 5.04. The number of halogens is 1. The largest absolute Gasteiger partial charge is 0.438 e. The van der Waals surface area contributed by atoms with Crippen LogP contribution in [0.15, 0.2) is 72.9 Å². The van der Waals surface area contributed by atoms with Gasteiger partial charge in [-0.1, -0.05) is 18.2 Å². The van der Waals surface area contributed by atoms with Crippen LogP contribution in [0.25, 0.3) is 0 Å². The monoisotopic (exact) mass is 336 g/mol. The number of pyridine rings is 1. The molecule has 126 valence electrons. The van der Waals surface area contributed by atoms with E-state index in [1.807, 2.05) is 42.3 Å². The van der Waals surface area contributed by atoms with Crippen molar-refractivity contribution in [3.63, 3.8) is 0 Å². The van der Waals surface area contributed by atoms with Crippen molar-refractivity contribution in [2.45, 2.75) is 0 Å². The quantitative estimate of drug-likeness (QED) is 0.628. The van der Waals surface area contributed by atoms with E-state index in [0.717, 1.165) is 5.69 Å². The summed E-state index contributed by atoms with van der Waals surface area (Å²) >= 11 is 0. The van der Waals surface area contributed by atoms with Gasteiger partial charge in [0.1, 0.15) is 11.6 Å². The molecular weight excluding hydrogens is 319 g/mol. The Morgan fingerprint density at radius 1 is 1.04 bits per heavy atom. The normalized spacial score (nSPS) is 10.3. The minimum atomic E-state index is -0.353. The molecule has 0 fully saturated rings. The van der Waals surface area contributed by atoms with Gasteiger partial charge in [0, 0.05) is 18.9 Å². The number of para-hydroxylation sites is 1. The molecule has 0 aliphatic carbocycles. The number of aromatic nitrogens is 1. The molecule has 0 radical (unpaired) electrons. The predicted molar refractivity (Wildman–Crippen MR) is 94.8 cm³/mol. The van der Waals surface area contributed by atoms with E-state index in [0.29, 0.717) is 11.3 Å². The highest BCUT2D eigenvalue weighted by Gasteiger charge is 2.16. The first-order valence-electron chi connectivity index (χ1n) is 7.81. The maximum Gasteiger partial charge on any atom is 0.230 e. The molecule has 0 spiro atoms. The summed E-state index contributed by atoms with van der Waals surface area (Å²) in [5.74, 6) is 0.164. The second kappa shape index (κ2) is 7.57. The van der Waals surface area contributed by atoms with E-state index in [9.17, 15) is 9.18 Å². The van der Waals surface area contributed by atoms with Crippen molar-refractivity contribution in [1.29, 1.82) is 0 Å². The lowest BCUT2D eigenvalue weighted by Crippen LogP contribution is -2.25. The third-order valence-corrected chi connectivity index (χ3v) is 3.68. The van der Waals surface area contributed by atoms with Gasteiger partial charge in [0.05, 0.1) is 12.1 Å². The summed E-state index contributed by atoms with van der Waals surface area (Å²) in [4.78, 5) is 18.7. The zero-order valence-corrected chi connectivity index (χ0v) is 13.7. The zero-order chi connectivity index (χ0) is 17.6. The number of ketones is 1. The molecular formula is C20H17FN2O2. The molecule has 4 nitrogen and oxygen atoms in total. The number of carbonyl (C=O) groups is 1. The Morgan fingerprint density at radius 2 is 1.76 bits per heavy atom. The summed E-state index contributed by atoms with van der Waals surface area (Å²) in [7, 11) is 1.85. The summed E-state index contributed by atoms with van der Waals surface area (Å²) in [5, 5.41) is 0. The van der Waals surface area contributed by atoms with Crippen LogP contribution in [0.2, 0.25) is 0 Å². The van der Waals surface area contributed by atoms with Crippen LogP contribution >= 0.6 is 0 Å². The number of rotatable bonds is 6. The van der Waals surface area contributed by atoms with Crippen LogP contribution in [-0.4, -0.2) is 24.4 Å². The standard InChI is InChI=1S/C20H17FN2O2/c1-23(16-6-3-2-4-7-16)14-19(24)18-8-5-13-22-20(18)25-17-11-9-15(21)10-12-17/h2-13H,14H2,1H3. The number of nitrogens with zero attached hydrogens (tertiary/aromatic N) is 2. The fraction of sp³-hybridized carbons (Fsp3) is 0.100. The van der Waals surface area contributed by atoms with Crippen molar-refractivity contribution in [2.24, 2.45) is 0 Å². The van der Waals surface area contributed by atoms with Gasteiger partial charge in [-0.25, -0.2) is 9.37 Å². The Bertz CT molecular complexity index is 851. The first-order valence-corrected chi connectivity index (χ1v) is 7.81. The fourth-order valence-corrected chi connectivity index (χ4v) is 2.37. The SMILES string of the molecule is CN(CC(=O)c1cccnc1Oc1ccc(F)cc1)c1ccccc1. The van der Waals surface area contributed by atoms with Crippen molar-refractivity contribution >= 4 is 11.5 Å². The van der Waals surface area contributed by atoms with Gasteiger partial charge in [0.2, 0.25) is 5.88 Å².